The largest absolute Gasteiger partial charge is 2.00 e. The predicted molar refractivity (Wildman–Crippen MR) is 72.8 cm³/mol. The quantitative estimate of drug-likeness (QED) is 0.239. The van der Waals surface area contributed by atoms with Gasteiger partial charge in [0.05, 0.1) is 0 Å². The Labute approximate surface area is 146 Å². The first kappa shape index (κ1) is 25.5. The Kier molecular flexibility index (Phi) is 17.7. The molecule has 8 nitrogen and oxygen atoms in total. The molecule has 7 N–H and O–H groups in total. The van der Waals surface area contributed by atoms with Crippen molar-refractivity contribution in [2.24, 2.45) is 11.5 Å². The Hall–Kier alpha value is -0.402. The van der Waals surface area contributed by atoms with Gasteiger partial charge in [0.25, 0.3) is 0 Å². The normalized spacial score (nSPS) is 19.9. The van der Waals surface area contributed by atoms with Crippen molar-refractivity contribution in [1.82, 2.24) is 0 Å². The molecule has 1 aliphatic rings. The van der Waals surface area contributed by atoms with Gasteiger partial charge >= 0.3 is 39.0 Å². The number of hydrogen-bond donors (Lipinski definition) is 5. The van der Waals surface area contributed by atoms with Crippen molar-refractivity contribution >= 4 is 41.1 Å². The van der Waals surface area contributed by atoms with Crippen LogP contribution in [0.3, 0.4) is 0 Å². The summed E-state index contributed by atoms with van der Waals surface area (Å²) in [7, 11) is 0. The third-order valence-electron chi connectivity index (χ3n) is 2.24. The summed E-state index contributed by atoms with van der Waals surface area (Å²) in [5.74, 6) is -4.86. The Morgan fingerprint density at radius 2 is 1.14 bits per heavy atom. The van der Waals surface area contributed by atoms with Crippen LogP contribution in [0.25, 0.3) is 0 Å². The van der Waals surface area contributed by atoms with Gasteiger partial charge in [-0.3, -0.25) is 0 Å². The van der Waals surface area contributed by atoms with Crippen molar-refractivity contribution in [3.63, 3.8) is 0 Å². The number of hydrogen-bond acceptors (Lipinski definition) is 5. The average Bonchev–Trinajstić information content (AvgIpc) is 2.34. The summed E-state index contributed by atoms with van der Waals surface area (Å²) in [6.07, 6.45) is 4.80. The Morgan fingerprint density at radius 1 is 0.905 bits per heavy atom. The Balaban J connectivity index is -0.000000231. The fourth-order valence-corrected chi connectivity index (χ4v) is 1.19. The molecule has 0 heterocycles. The molecule has 0 aromatic carbocycles. The maximum absolute atomic E-state index is 9.44. The van der Waals surface area contributed by atoms with Crippen LogP contribution >= 0.6 is 23.2 Å². The van der Waals surface area contributed by atoms with Gasteiger partial charge in [-0.25, -0.2) is 14.4 Å². The van der Waals surface area contributed by atoms with Crippen LogP contribution in [0.5, 0.6) is 0 Å². The summed E-state index contributed by atoms with van der Waals surface area (Å²) in [5, 5.41) is 22.5. The van der Waals surface area contributed by atoms with E-state index in [1.165, 1.54) is 12.8 Å². The van der Waals surface area contributed by atoms with Gasteiger partial charge in [0, 0.05) is 12.1 Å². The molecule has 0 aromatic heterocycles. The third kappa shape index (κ3) is 17.5. The number of alkyl halides is 2. The molecule has 0 radical (unpaired) electrons. The molecule has 0 bridgehead atoms. The van der Waals surface area contributed by atoms with Gasteiger partial charge in [-0.15, -0.1) is 0 Å². The van der Waals surface area contributed by atoms with E-state index in [-0.39, 0.29) is 33.1 Å². The second-order valence-corrected chi connectivity index (χ2v) is 4.96. The summed E-state index contributed by atoms with van der Waals surface area (Å²) in [6.45, 7) is 0. The second-order valence-electron chi connectivity index (χ2n) is 3.86. The second kappa shape index (κ2) is 14.5. The van der Waals surface area contributed by atoms with Gasteiger partial charge in [-0.05, 0) is 12.8 Å². The van der Waals surface area contributed by atoms with Crippen molar-refractivity contribution in [3.05, 3.63) is 0 Å². The van der Waals surface area contributed by atoms with Gasteiger partial charge < -0.3 is 26.8 Å². The summed E-state index contributed by atoms with van der Waals surface area (Å²) in [5.41, 5.74) is 11.3. The van der Waals surface area contributed by atoms with Crippen molar-refractivity contribution in [2.45, 2.75) is 42.6 Å². The molecule has 1 aliphatic carbocycles. The molecular weight excluding hydrogens is 510 g/mol. The smallest absolute Gasteiger partial charge is 0.479 e. The SMILES string of the molecule is NC1CCCCC1N.O=C(O)C(=O)O.O=C(O)C(Cl)Cl.[Pt+2]. The summed E-state index contributed by atoms with van der Waals surface area (Å²) >= 11 is 9.56. The first-order valence-electron chi connectivity index (χ1n) is 5.57. The van der Waals surface area contributed by atoms with Gasteiger partial charge in [0.2, 0.25) is 4.84 Å². The fraction of sp³-hybridized carbons (Fsp3) is 0.700. The minimum absolute atomic E-state index is 0. The van der Waals surface area contributed by atoms with E-state index in [9.17, 15) is 4.79 Å². The van der Waals surface area contributed by atoms with Crippen LogP contribution in [-0.2, 0) is 35.4 Å². The van der Waals surface area contributed by atoms with Crippen LogP contribution < -0.4 is 11.5 Å². The minimum atomic E-state index is -1.82. The van der Waals surface area contributed by atoms with E-state index in [2.05, 4.69) is 0 Å². The summed E-state index contributed by atoms with van der Waals surface area (Å²) < 4.78 is 0. The summed E-state index contributed by atoms with van der Waals surface area (Å²) in [4.78, 5) is 26.3. The number of carboxylic acid groups (broad SMARTS) is 3. The zero-order chi connectivity index (χ0) is 16.3. The van der Waals surface area contributed by atoms with Gasteiger partial charge in [-0.1, -0.05) is 36.0 Å². The van der Waals surface area contributed by atoms with E-state index >= 15 is 0 Å². The van der Waals surface area contributed by atoms with Crippen LogP contribution in [0.1, 0.15) is 25.7 Å². The number of halogens is 2. The molecule has 0 spiro atoms. The van der Waals surface area contributed by atoms with Gasteiger partial charge in [0.1, 0.15) is 0 Å². The maximum atomic E-state index is 9.44. The van der Waals surface area contributed by atoms with Crippen molar-refractivity contribution < 1.29 is 50.8 Å². The van der Waals surface area contributed by atoms with E-state index in [1.54, 1.807) is 0 Å². The first-order valence-corrected chi connectivity index (χ1v) is 6.45. The van der Waals surface area contributed by atoms with Gasteiger partial charge in [-0.2, -0.15) is 0 Å². The minimum Gasteiger partial charge on any atom is -0.479 e. The molecule has 1 fully saturated rings. The number of rotatable bonds is 1. The van der Waals surface area contributed by atoms with E-state index in [4.69, 9.17) is 59.6 Å². The molecule has 0 saturated heterocycles. The topological polar surface area (TPSA) is 164 Å². The molecule has 1 rings (SSSR count). The molecule has 0 amide bonds. The zero-order valence-electron chi connectivity index (χ0n) is 10.9. The molecule has 1 saturated carbocycles. The van der Waals surface area contributed by atoms with Crippen molar-refractivity contribution in [2.75, 3.05) is 0 Å². The Morgan fingerprint density at radius 3 is 1.24 bits per heavy atom. The van der Waals surface area contributed by atoms with E-state index < -0.39 is 22.7 Å². The molecule has 126 valence electrons. The van der Waals surface area contributed by atoms with Crippen molar-refractivity contribution in [1.29, 1.82) is 0 Å². The molecule has 11 heteroatoms. The fourth-order valence-electron chi connectivity index (χ4n) is 1.19. The van der Waals surface area contributed by atoms with Crippen LogP contribution in [-0.4, -0.2) is 50.1 Å². The number of aliphatic carboxylic acids is 3. The third-order valence-corrected chi connectivity index (χ3v) is 2.62. The number of nitrogens with two attached hydrogens (primary N) is 2. The van der Waals surface area contributed by atoms with Crippen molar-refractivity contribution in [3.8, 4) is 0 Å². The average molecular weight is 528 g/mol. The monoisotopic (exact) mass is 527 g/mol. The maximum Gasteiger partial charge on any atom is 2.00 e. The van der Waals surface area contributed by atoms with Gasteiger partial charge in [0.15, 0.2) is 0 Å². The Bertz CT molecular complexity index is 311. The summed E-state index contributed by atoms with van der Waals surface area (Å²) in [6, 6.07) is 0.562. The van der Waals surface area contributed by atoms with E-state index in [1.807, 2.05) is 0 Å². The zero-order valence-corrected chi connectivity index (χ0v) is 14.6. The predicted octanol–water partition coefficient (Wildman–Crippen LogP) is 0.243. The first-order chi connectivity index (χ1) is 9.09. The van der Waals surface area contributed by atoms with E-state index in [0.29, 0.717) is 0 Å². The van der Waals surface area contributed by atoms with Crippen LogP contribution in [0, 0.1) is 0 Å². The molecule has 21 heavy (non-hydrogen) atoms. The molecule has 2 atom stereocenters. The van der Waals surface area contributed by atoms with Crippen LogP contribution in [0.4, 0.5) is 0 Å². The number of carboxylic acids is 3. The molecule has 0 aromatic rings. The number of carbonyl (C=O) groups is 3. The van der Waals surface area contributed by atoms with Crippen LogP contribution in [0.2, 0.25) is 0 Å². The molecule has 2 unspecified atom stereocenters. The van der Waals surface area contributed by atoms with E-state index in [0.717, 1.165) is 12.8 Å². The molecule has 0 aliphatic heterocycles. The standard InChI is InChI=1S/C6H14N2.C2H2Cl2O2.C2H2O4.Pt/c7-5-3-1-2-4-6(5)8;2*3-1(4)2(5)6;/h5-6H,1-4,7-8H2;1H,(H,5,6);(H,3,4)(H,5,6);/q;;;+2. The van der Waals surface area contributed by atoms with Crippen LogP contribution in [0.15, 0.2) is 0 Å². The molecular formula is C10H18Cl2N2O6Pt+2.